The number of pyridine rings is 1. The Kier molecular flexibility index (Phi) is 5.22. The number of anilines is 2. The summed E-state index contributed by atoms with van der Waals surface area (Å²) in [6.07, 6.45) is 1.52. The van der Waals surface area contributed by atoms with Gasteiger partial charge in [0.05, 0.1) is 36.2 Å². The molecule has 0 saturated carbocycles. The summed E-state index contributed by atoms with van der Waals surface area (Å²) >= 11 is 0. The van der Waals surface area contributed by atoms with Crippen molar-refractivity contribution in [2.24, 2.45) is 0 Å². The second kappa shape index (κ2) is 8.12. The number of nitrogens with one attached hydrogen (secondary N) is 1. The topological polar surface area (TPSA) is 94.9 Å². The molecule has 0 unspecified atom stereocenters. The molecular weight excluding hydrogens is 374 g/mol. The van der Waals surface area contributed by atoms with Crippen molar-refractivity contribution in [2.75, 3.05) is 39.5 Å². The zero-order valence-corrected chi connectivity index (χ0v) is 16.0. The summed E-state index contributed by atoms with van der Waals surface area (Å²) in [7, 11) is 3.17. The van der Waals surface area contributed by atoms with Crippen LogP contribution in [0.1, 0.15) is 5.56 Å². The van der Waals surface area contributed by atoms with Crippen molar-refractivity contribution in [1.82, 2.24) is 4.98 Å². The van der Waals surface area contributed by atoms with Crippen LogP contribution in [0.3, 0.4) is 0 Å². The number of nitrogens with zero attached hydrogens (tertiary/aromatic N) is 2. The minimum absolute atomic E-state index is 0.159. The Morgan fingerprint density at radius 3 is 2.86 bits per heavy atom. The Morgan fingerprint density at radius 2 is 2.07 bits per heavy atom. The molecule has 1 aromatic heterocycles. The Morgan fingerprint density at radius 1 is 1.17 bits per heavy atom. The smallest absolute Gasteiger partial charge is 0.231 e. The summed E-state index contributed by atoms with van der Waals surface area (Å²) in [6, 6.07) is 11.3. The Labute approximate surface area is 167 Å². The SMILES string of the molecule is COCCOc1cc2ncc(C#N)c(Nc3cccc4c3OCO4)c2cc1OC. The van der Waals surface area contributed by atoms with Crippen LogP contribution in [-0.2, 0) is 4.74 Å². The Bertz CT molecular complexity index is 1090. The highest BCUT2D eigenvalue weighted by molar-refractivity contribution is 5.98. The van der Waals surface area contributed by atoms with E-state index in [0.717, 1.165) is 5.39 Å². The van der Waals surface area contributed by atoms with Crippen molar-refractivity contribution in [2.45, 2.75) is 0 Å². The number of hydrogen-bond donors (Lipinski definition) is 1. The lowest BCUT2D eigenvalue weighted by atomic mass is 10.1. The van der Waals surface area contributed by atoms with Gasteiger partial charge in [0.25, 0.3) is 0 Å². The molecule has 8 nitrogen and oxygen atoms in total. The second-order valence-electron chi connectivity index (χ2n) is 6.18. The molecular formula is C21H19N3O5. The van der Waals surface area contributed by atoms with E-state index in [2.05, 4.69) is 16.4 Å². The summed E-state index contributed by atoms with van der Waals surface area (Å²) in [6.45, 7) is 0.995. The summed E-state index contributed by atoms with van der Waals surface area (Å²) in [5, 5.41) is 13.6. The molecule has 1 N–H and O–H groups in total. The second-order valence-corrected chi connectivity index (χ2v) is 6.18. The summed E-state index contributed by atoms with van der Waals surface area (Å²) in [5.74, 6) is 2.34. The highest BCUT2D eigenvalue weighted by Crippen LogP contribution is 2.42. The molecule has 2 aromatic carbocycles. The largest absolute Gasteiger partial charge is 0.493 e. The van der Waals surface area contributed by atoms with Gasteiger partial charge in [0, 0.05) is 24.8 Å². The number of benzene rings is 2. The lowest BCUT2D eigenvalue weighted by Crippen LogP contribution is -2.06. The van der Waals surface area contributed by atoms with Crippen molar-refractivity contribution in [3.8, 4) is 29.1 Å². The first-order chi connectivity index (χ1) is 14.2. The van der Waals surface area contributed by atoms with Gasteiger partial charge in [0.15, 0.2) is 23.0 Å². The molecule has 0 amide bonds. The Balaban J connectivity index is 1.80. The molecule has 0 aliphatic carbocycles. The van der Waals surface area contributed by atoms with E-state index < -0.39 is 0 Å². The van der Waals surface area contributed by atoms with Gasteiger partial charge in [0.1, 0.15) is 12.7 Å². The first-order valence-corrected chi connectivity index (χ1v) is 8.93. The molecule has 1 aliphatic rings. The highest BCUT2D eigenvalue weighted by Gasteiger charge is 2.20. The number of hydrogen-bond acceptors (Lipinski definition) is 8. The third-order valence-electron chi connectivity index (χ3n) is 4.48. The van der Waals surface area contributed by atoms with Crippen LogP contribution in [0.25, 0.3) is 10.9 Å². The van der Waals surface area contributed by atoms with Gasteiger partial charge >= 0.3 is 0 Å². The molecule has 0 spiro atoms. The number of fused-ring (bicyclic) bond motifs is 2. The molecule has 8 heteroatoms. The van der Waals surface area contributed by atoms with Gasteiger partial charge in [-0.3, -0.25) is 4.98 Å². The zero-order chi connectivity index (χ0) is 20.2. The summed E-state index contributed by atoms with van der Waals surface area (Å²) in [4.78, 5) is 4.41. The van der Waals surface area contributed by atoms with Crippen LogP contribution in [0, 0.1) is 11.3 Å². The van der Waals surface area contributed by atoms with Crippen LogP contribution in [0.5, 0.6) is 23.0 Å². The average Bonchev–Trinajstić information content (AvgIpc) is 3.23. The highest BCUT2D eigenvalue weighted by atomic mass is 16.7. The fraction of sp³-hybridized carbons (Fsp3) is 0.238. The summed E-state index contributed by atoms with van der Waals surface area (Å²) in [5.41, 5.74) is 2.35. The van der Waals surface area contributed by atoms with Crippen molar-refractivity contribution < 1.29 is 23.7 Å². The third-order valence-corrected chi connectivity index (χ3v) is 4.48. The van der Waals surface area contributed by atoms with Gasteiger partial charge in [-0.25, -0.2) is 0 Å². The first kappa shape index (κ1) is 18.7. The number of ether oxygens (including phenoxy) is 5. The standard InChI is InChI=1S/C21H19N3O5/c1-25-6-7-27-19-9-16-14(8-18(19)26-2)20(13(10-22)11-23-16)24-15-4-3-5-17-21(15)29-12-28-17/h3-5,8-9,11H,6-7,12H2,1-2H3,(H,23,24). The van der Waals surface area contributed by atoms with Crippen LogP contribution in [0.2, 0.25) is 0 Å². The molecule has 1 aliphatic heterocycles. The number of nitriles is 1. The minimum Gasteiger partial charge on any atom is -0.493 e. The van der Waals surface area contributed by atoms with Crippen molar-refractivity contribution >= 4 is 22.3 Å². The van der Waals surface area contributed by atoms with Crippen LogP contribution in [0.4, 0.5) is 11.4 Å². The molecule has 0 saturated heterocycles. The molecule has 4 rings (SSSR count). The van der Waals surface area contributed by atoms with E-state index in [0.29, 0.717) is 58.7 Å². The van der Waals surface area contributed by atoms with E-state index in [1.165, 1.54) is 6.20 Å². The molecule has 148 valence electrons. The predicted molar refractivity (Wildman–Crippen MR) is 106 cm³/mol. The molecule has 0 fully saturated rings. The van der Waals surface area contributed by atoms with Crippen LogP contribution >= 0.6 is 0 Å². The van der Waals surface area contributed by atoms with Gasteiger partial charge in [-0.15, -0.1) is 0 Å². The maximum atomic E-state index is 9.62. The molecule has 3 aromatic rings. The van der Waals surface area contributed by atoms with E-state index in [4.69, 9.17) is 23.7 Å². The van der Waals surface area contributed by atoms with E-state index in [1.807, 2.05) is 18.2 Å². The van der Waals surface area contributed by atoms with E-state index >= 15 is 0 Å². The predicted octanol–water partition coefficient (Wildman–Crippen LogP) is 3.61. The monoisotopic (exact) mass is 393 g/mol. The fourth-order valence-corrected chi connectivity index (χ4v) is 3.09. The zero-order valence-electron chi connectivity index (χ0n) is 16.0. The van der Waals surface area contributed by atoms with Crippen molar-refractivity contribution in [3.63, 3.8) is 0 Å². The van der Waals surface area contributed by atoms with Crippen LogP contribution in [0.15, 0.2) is 36.5 Å². The molecule has 0 atom stereocenters. The van der Waals surface area contributed by atoms with Gasteiger partial charge in [-0.1, -0.05) is 6.07 Å². The normalized spacial score (nSPS) is 11.9. The molecule has 0 radical (unpaired) electrons. The van der Waals surface area contributed by atoms with Gasteiger partial charge in [0.2, 0.25) is 6.79 Å². The van der Waals surface area contributed by atoms with Crippen LogP contribution in [-0.4, -0.2) is 39.2 Å². The van der Waals surface area contributed by atoms with E-state index in [1.54, 1.807) is 26.4 Å². The van der Waals surface area contributed by atoms with Crippen molar-refractivity contribution in [3.05, 3.63) is 42.1 Å². The molecule has 29 heavy (non-hydrogen) atoms. The third kappa shape index (κ3) is 3.56. The summed E-state index contributed by atoms with van der Waals surface area (Å²) < 4.78 is 27.3. The van der Waals surface area contributed by atoms with E-state index in [-0.39, 0.29) is 6.79 Å². The first-order valence-electron chi connectivity index (χ1n) is 8.93. The maximum absolute atomic E-state index is 9.62. The number of para-hydroxylation sites is 1. The van der Waals surface area contributed by atoms with Crippen molar-refractivity contribution in [1.29, 1.82) is 5.26 Å². The number of aromatic nitrogens is 1. The lowest BCUT2D eigenvalue weighted by molar-refractivity contribution is 0.144. The van der Waals surface area contributed by atoms with Gasteiger partial charge in [-0.2, -0.15) is 5.26 Å². The molecule has 2 heterocycles. The quantitative estimate of drug-likeness (QED) is 0.608. The molecule has 0 bridgehead atoms. The minimum atomic E-state index is 0.159. The van der Waals surface area contributed by atoms with E-state index in [9.17, 15) is 5.26 Å². The van der Waals surface area contributed by atoms with Gasteiger partial charge in [-0.05, 0) is 18.2 Å². The van der Waals surface area contributed by atoms with Crippen LogP contribution < -0.4 is 24.3 Å². The number of methoxy groups -OCH3 is 2. The maximum Gasteiger partial charge on any atom is 0.231 e. The number of rotatable bonds is 7. The Hall–Kier alpha value is -3.70. The lowest BCUT2D eigenvalue weighted by Gasteiger charge is -2.16. The van der Waals surface area contributed by atoms with Gasteiger partial charge < -0.3 is 29.0 Å². The average molecular weight is 393 g/mol. The fourth-order valence-electron chi connectivity index (χ4n) is 3.09.